The summed E-state index contributed by atoms with van der Waals surface area (Å²) in [6.07, 6.45) is 4.15. The van der Waals surface area contributed by atoms with E-state index in [0.717, 1.165) is 46.7 Å². The van der Waals surface area contributed by atoms with Gasteiger partial charge < -0.3 is 4.90 Å². The topological polar surface area (TPSA) is 87.2 Å². The van der Waals surface area contributed by atoms with Gasteiger partial charge in [-0.2, -0.15) is 9.78 Å². The van der Waals surface area contributed by atoms with Gasteiger partial charge >= 0.3 is 0 Å². The molecule has 0 amide bonds. The Morgan fingerprint density at radius 2 is 2.14 bits per heavy atom. The number of anilines is 1. The number of nitriles is 1. The van der Waals surface area contributed by atoms with Crippen molar-refractivity contribution in [3.05, 3.63) is 74.1 Å². The second kappa shape index (κ2) is 6.79. The Bertz CT molecular complexity index is 1350. The van der Waals surface area contributed by atoms with Crippen molar-refractivity contribution in [3.63, 3.8) is 0 Å². The average Bonchev–Trinajstić information content (AvgIpc) is 3.22. The van der Waals surface area contributed by atoms with Gasteiger partial charge in [0.05, 0.1) is 0 Å². The fourth-order valence-corrected chi connectivity index (χ4v) is 4.44. The second-order valence-electron chi connectivity index (χ2n) is 6.98. The summed E-state index contributed by atoms with van der Waals surface area (Å²) in [7, 11) is 0. The summed E-state index contributed by atoms with van der Waals surface area (Å²) in [5, 5.41) is 15.8. The van der Waals surface area contributed by atoms with E-state index in [9.17, 15) is 10.1 Å². The van der Waals surface area contributed by atoms with Crippen LogP contribution in [0.1, 0.15) is 21.7 Å². The number of fused-ring (bicyclic) bond motifs is 2. The molecule has 0 aromatic carbocycles. The SMILES string of the molecule is Cc1cc2nccc(=O)n2nc1N1CCc2ncc(-c3ccsc3C#N)cc2C1. The van der Waals surface area contributed by atoms with Gasteiger partial charge in [-0.25, -0.2) is 4.98 Å². The number of pyridine rings is 1. The molecule has 5 rings (SSSR count). The third-order valence-corrected chi connectivity index (χ3v) is 5.98. The van der Waals surface area contributed by atoms with Crippen molar-refractivity contribution in [2.45, 2.75) is 19.9 Å². The number of aromatic nitrogens is 4. The Kier molecular flexibility index (Phi) is 4.11. The van der Waals surface area contributed by atoms with E-state index in [1.165, 1.54) is 28.1 Å². The smallest absolute Gasteiger partial charge is 0.274 e. The zero-order valence-corrected chi connectivity index (χ0v) is 16.5. The molecule has 0 atom stereocenters. The van der Waals surface area contributed by atoms with Crippen molar-refractivity contribution in [3.8, 4) is 17.2 Å². The molecule has 0 saturated heterocycles. The van der Waals surface area contributed by atoms with Crippen LogP contribution in [-0.2, 0) is 13.0 Å². The zero-order valence-electron chi connectivity index (χ0n) is 15.7. The average molecular weight is 400 g/mol. The van der Waals surface area contributed by atoms with Gasteiger partial charge in [0.15, 0.2) is 11.5 Å². The molecule has 0 bridgehead atoms. The fourth-order valence-electron chi connectivity index (χ4n) is 3.74. The molecule has 0 saturated carbocycles. The highest BCUT2D eigenvalue weighted by Gasteiger charge is 2.22. The van der Waals surface area contributed by atoms with Crippen LogP contribution in [-0.4, -0.2) is 26.1 Å². The molecule has 0 N–H and O–H groups in total. The van der Waals surface area contributed by atoms with E-state index in [4.69, 9.17) is 0 Å². The van der Waals surface area contributed by atoms with Crippen LogP contribution in [0.25, 0.3) is 16.8 Å². The molecule has 4 aromatic rings. The zero-order chi connectivity index (χ0) is 20.0. The van der Waals surface area contributed by atoms with Crippen LogP contribution in [0.3, 0.4) is 0 Å². The maximum Gasteiger partial charge on any atom is 0.274 e. The quantitative estimate of drug-likeness (QED) is 0.514. The van der Waals surface area contributed by atoms with Crippen molar-refractivity contribution in [2.24, 2.45) is 0 Å². The van der Waals surface area contributed by atoms with Gasteiger partial charge in [0, 0.05) is 54.8 Å². The summed E-state index contributed by atoms with van der Waals surface area (Å²) in [4.78, 5) is 23.9. The predicted molar refractivity (Wildman–Crippen MR) is 111 cm³/mol. The van der Waals surface area contributed by atoms with Crippen molar-refractivity contribution in [1.29, 1.82) is 5.26 Å². The summed E-state index contributed by atoms with van der Waals surface area (Å²) in [5.41, 5.74) is 5.37. The molecule has 0 fully saturated rings. The molecule has 29 heavy (non-hydrogen) atoms. The third-order valence-electron chi connectivity index (χ3n) is 5.16. The van der Waals surface area contributed by atoms with Crippen LogP contribution >= 0.6 is 11.3 Å². The molecule has 5 heterocycles. The number of aryl methyl sites for hydroxylation is 1. The highest BCUT2D eigenvalue weighted by atomic mass is 32.1. The Hall–Kier alpha value is -3.57. The van der Waals surface area contributed by atoms with E-state index in [1.54, 1.807) is 0 Å². The first-order valence-electron chi connectivity index (χ1n) is 9.20. The van der Waals surface area contributed by atoms with Crippen molar-refractivity contribution < 1.29 is 0 Å². The normalized spacial score (nSPS) is 13.3. The first kappa shape index (κ1) is 17.5. The van der Waals surface area contributed by atoms with Gasteiger partial charge in [-0.1, -0.05) is 0 Å². The molecule has 4 aromatic heterocycles. The van der Waals surface area contributed by atoms with E-state index < -0.39 is 0 Å². The minimum absolute atomic E-state index is 0.195. The largest absolute Gasteiger partial charge is 0.350 e. The lowest BCUT2D eigenvalue weighted by Gasteiger charge is -2.30. The van der Waals surface area contributed by atoms with Crippen LogP contribution in [0.15, 0.2) is 46.8 Å². The van der Waals surface area contributed by atoms with Gasteiger partial charge in [0.2, 0.25) is 0 Å². The molecule has 0 spiro atoms. The molecule has 0 unspecified atom stereocenters. The summed E-state index contributed by atoms with van der Waals surface area (Å²) in [6.45, 7) is 3.41. The van der Waals surface area contributed by atoms with E-state index in [0.29, 0.717) is 17.1 Å². The van der Waals surface area contributed by atoms with Gasteiger partial charge in [0.1, 0.15) is 10.9 Å². The molecule has 0 aliphatic carbocycles. The number of thiophene rings is 1. The lowest BCUT2D eigenvalue weighted by molar-refractivity contribution is 0.685. The number of hydrogen-bond donors (Lipinski definition) is 0. The van der Waals surface area contributed by atoms with Crippen LogP contribution in [0, 0.1) is 18.3 Å². The van der Waals surface area contributed by atoms with Crippen molar-refractivity contribution in [1.82, 2.24) is 19.6 Å². The lowest BCUT2D eigenvalue weighted by atomic mass is 10.0. The minimum Gasteiger partial charge on any atom is -0.350 e. The maximum absolute atomic E-state index is 12.2. The summed E-state index contributed by atoms with van der Waals surface area (Å²) < 4.78 is 1.34. The van der Waals surface area contributed by atoms with Gasteiger partial charge in [0.25, 0.3) is 5.56 Å². The summed E-state index contributed by atoms with van der Waals surface area (Å²) in [5.74, 6) is 0.775. The lowest BCUT2D eigenvalue weighted by Crippen LogP contribution is -2.33. The Morgan fingerprint density at radius 1 is 1.24 bits per heavy atom. The first-order chi connectivity index (χ1) is 14.1. The summed E-state index contributed by atoms with van der Waals surface area (Å²) >= 11 is 1.44. The van der Waals surface area contributed by atoms with Crippen LogP contribution < -0.4 is 10.5 Å². The highest BCUT2D eigenvalue weighted by Crippen LogP contribution is 2.31. The van der Waals surface area contributed by atoms with E-state index in [-0.39, 0.29) is 5.56 Å². The molecule has 0 radical (unpaired) electrons. The molecule has 1 aliphatic heterocycles. The standard InChI is InChI=1S/C21H16N6OS/c1-13-8-19-23-5-2-20(28)27(19)25-21(13)26-6-3-17-15(12-26)9-14(11-24-17)16-4-7-29-18(16)10-22/h2,4-5,7-9,11H,3,6,12H2,1H3. The van der Waals surface area contributed by atoms with Crippen LogP contribution in [0.4, 0.5) is 5.82 Å². The molecular formula is C21H16N6OS. The molecule has 142 valence electrons. The Labute approximate surface area is 170 Å². The van der Waals surface area contributed by atoms with Crippen LogP contribution in [0.5, 0.6) is 0 Å². The first-order valence-corrected chi connectivity index (χ1v) is 10.1. The van der Waals surface area contributed by atoms with Crippen LogP contribution in [0.2, 0.25) is 0 Å². The number of rotatable bonds is 2. The van der Waals surface area contributed by atoms with Crippen molar-refractivity contribution >= 4 is 22.8 Å². The monoisotopic (exact) mass is 400 g/mol. The molecule has 1 aliphatic rings. The van der Waals surface area contributed by atoms with E-state index in [2.05, 4.69) is 32.1 Å². The van der Waals surface area contributed by atoms with E-state index in [1.807, 2.05) is 30.6 Å². The molecule has 8 heteroatoms. The maximum atomic E-state index is 12.2. The van der Waals surface area contributed by atoms with Gasteiger partial charge in [-0.05, 0) is 41.6 Å². The van der Waals surface area contributed by atoms with Gasteiger partial charge in [-0.15, -0.1) is 16.4 Å². The second-order valence-corrected chi connectivity index (χ2v) is 7.90. The molecular weight excluding hydrogens is 384 g/mol. The summed E-state index contributed by atoms with van der Waals surface area (Å²) in [6, 6.07) is 9.62. The third kappa shape index (κ3) is 2.96. The molecule has 7 nitrogen and oxygen atoms in total. The van der Waals surface area contributed by atoms with E-state index >= 15 is 0 Å². The number of hydrogen-bond acceptors (Lipinski definition) is 7. The minimum atomic E-state index is -0.195. The predicted octanol–water partition coefficient (Wildman–Crippen LogP) is 2.96. The highest BCUT2D eigenvalue weighted by molar-refractivity contribution is 7.11. The van der Waals surface area contributed by atoms with Gasteiger partial charge in [-0.3, -0.25) is 9.78 Å². The number of nitrogens with zero attached hydrogens (tertiary/aromatic N) is 6. The Balaban J connectivity index is 1.54. The Morgan fingerprint density at radius 3 is 3.00 bits per heavy atom. The van der Waals surface area contributed by atoms with Crippen molar-refractivity contribution in [2.75, 3.05) is 11.4 Å². The fraction of sp³-hybridized carbons (Fsp3) is 0.190.